The SMILES string of the molecule is Cc1cc(F)ccc1CNc1ccc([N+](=O)[O-])c(F)c1. The zero-order valence-electron chi connectivity index (χ0n) is 10.7. The molecule has 104 valence electrons. The second kappa shape index (κ2) is 5.64. The van der Waals surface area contributed by atoms with Gasteiger partial charge in [-0.3, -0.25) is 10.1 Å². The van der Waals surface area contributed by atoms with Crippen LogP contribution in [0, 0.1) is 28.7 Å². The number of benzene rings is 2. The Morgan fingerprint density at radius 1 is 1.20 bits per heavy atom. The van der Waals surface area contributed by atoms with Crippen LogP contribution in [0.1, 0.15) is 11.1 Å². The van der Waals surface area contributed by atoms with E-state index in [1.807, 2.05) is 0 Å². The van der Waals surface area contributed by atoms with E-state index in [1.165, 1.54) is 18.2 Å². The summed E-state index contributed by atoms with van der Waals surface area (Å²) in [5.74, 6) is -1.21. The van der Waals surface area contributed by atoms with E-state index in [1.54, 1.807) is 13.0 Å². The first-order chi connectivity index (χ1) is 9.47. The normalized spacial score (nSPS) is 10.3. The van der Waals surface area contributed by atoms with Crippen molar-refractivity contribution in [2.75, 3.05) is 5.32 Å². The molecule has 0 spiro atoms. The summed E-state index contributed by atoms with van der Waals surface area (Å²) >= 11 is 0. The summed E-state index contributed by atoms with van der Waals surface area (Å²) in [6.07, 6.45) is 0. The predicted octanol–water partition coefficient (Wildman–Crippen LogP) is 3.79. The molecule has 1 N–H and O–H groups in total. The number of hydrogen-bond acceptors (Lipinski definition) is 3. The Morgan fingerprint density at radius 2 is 1.95 bits per heavy atom. The van der Waals surface area contributed by atoms with Gasteiger partial charge in [-0.05, 0) is 36.2 Å². The van der Waals surface area contributed by atoms with Crippen LogP contribution in [-0.2, 0) is 6.54 Å². The van der Waals surface area contributed by atoms with Crippen molar-refractivity contribution in [3.63, 3.8) is 0 Å². The lowest BCUT2D eigenvalue weighted by Crippen LogP contribution is -2.02. The van der Waals surface area contributed by atoms with Gasteiger partial charge in [0.05, 0.1) is 4.92 Å². The van der Waals surface area contributed by atoms with Crippen LogP contribution in [-0.4, -0.2) is 4.92 Å². The Bertz CT molecular complexity index is 660. The van der Waals surface area contributed by atoms with Crippen LogP contribution in [0.2, 0.25) is 0 Å². The molecular formula is C14H12F2N2O2. The predicted molar refractivity (Wildman–Crippen MR) is 71.5 cm³/mol. The van der Waals surface area contributed by atoms with Crippen LogP contribution in [0.15, 0.2) is 36.4 Å². The molecule has 4 nitrogen and oxygen atoms in total. The van der Waals surface area contributed by atoms with Crippen LogP contribution in [0.5, 0.6) is 0 Å². The minimum absolute atomic E-state index is 0.312. The number of aryl methyl sites for hydroxylation is 1. The summed E-state index contributed by atoms with van der Waals surface area (Å²) in [5.41, 5.74) is 1.51. The van der Waals surface area contributed by atoms with Crippen LogP contribution < -0.4 is 5.32 Å². The maximum Gasteiger partial charge on any atom is 0.304 e. The molecule has 0 saturated carbocycles. The van der Waals surface area contributed by atoms with Gasteiger partial charge in [-0.15, -0.1) is 0 Å². The fourth-order valence-corrected chi connectivity index (χ4v) is 1.82. The number of nitrogens with one attached hydrogen (secondary N) is 1. The molecule has 0 aliphatic rings. The number of anilines is 1. The fraction of sp³-hybridized carbons (Fsp3) is 0.143. The molecule has 0 heterocycles. The maximum absolute atomic E-state index is 13.4. The Balaban J connectivity index is 2.11. The van der Waals surface area contributed by atoms with Crippen molar-refractivity contribution in [2.24, 2.45) is 0 Å². The van der Waals surface area contributed by atoms with Crippen LogP contribution >= 0.6 is 0 Å². The largest absolute Gasteiger partial charge is 0.381 e. The first-order valence-electron chi connectivity index (χ1n) is 5.90. The van der Waals surface area contributed by atoms with Crippen molar-refractivity contribution in [1.82, 2.24) is 0 Å². The van der Waals surface area contributed by atoms with Crippen LogP contribution in [0.4, 0.5) is 20.2 Å². The van der Waals surface area contributed by atoms with Gasteiger partial charge in [-0.25, -0.2) is 4.39 Å². The van der Waals surface area contributed by atoms with Gasteiger partial charge < -0.3 is 5.32 Å². The molecule has 0 bridgehead atoms. The maximum atomic E-state index is 13.4. The lowest BCUT2D eigenvalue weighted by Gasteiger charge is -2.09. The topological polar surface area (TPSA) is 55.2 Å². The van der Waals surface area contributed by atoms with E-state index in [0.29, 0.717) is 12.2 Å². The zero-order valence-corrected chi connectivity index (χ0v) is 10.7. The molecule has 0 amide bonds. The lowest BCUT2D eigenvalue weighted by atomic mass is 10.1. The second-order valence-electron chi connectivity index (χ2n) is 4.35. The van der Waals surface area contributed by atoms with Crippen molar-refractivity contribution in [1.29, 1.82) is 0 Å². The average molecular weight is 278 g/mol. The van der Waals surface area contributed by atoms with E-state index in [9.17, 15) is 18.9 Å². The minimum atomic E-state index is -0.893. The summed E-state index contributed by atoms with van der Waals surface area (Å²) in [5, 5.41) is 13.4. The lowest BCUT2D eigenvalue weighted by molar-refractivity contribution is -0.387. The van der Waals surface area contributed by atoms with Crippen molar-refractivity contribution in [3.8, 4) is 0 Å². The summed E-state index contributed by atoms with van der Waals surface area (Å²) in [6, 6.07) is 8.00. The quantitative estimate of drug-likeness (QED) is 0.683. The van der Waals surface area contributed by atoms with Gasteiger partial charge >= 0.3 is 5.69 Å². The third-order valence-corrected chi connectivity index (χ3v) is 2.93. The molecule has 2 aromatic carbocycles. The Morgan fingerprint density at radius 3 is 2.55 bits per heavy atom. The molecule has 0 aromatic heterocycles. The number of halogens is 2. The van der Waals surface area contributed by atoms with Crippen LogP contribution in [0.25, 0.3) is 0 Å². The first kappa shape index (κ1) is 13.9. The van der Waals surface area contributed by atoms with Gasteiger partial charge in [0.25, 0.3) is 0 Å². The summed E-state index contributed by atoms with van der Waals surface area (Å²) < 4.78 is 26.4. The molecule has 2 rings (SSSR count). The van der Waals surface area contributed by atoms with E-state index in [0.717, 1.165) is 23.3 Å². The van der Waals surface area contributed by atoms with Gasteiger partial charge in [-0.2, -0.15) is 4.39 Å². The third-order valence-electron chi connectivity index (χ3n) is 2.93. The highest BCUT2D eigenvalue weighted by molar-refractivity contribution is 5.50. The molecule has 0 aliphatic heterocycles. The molecule has 0 saturated heterocycles. The number of rotatable bonds is 4. The Labute approximate surface area is 114 Å². The number of nitro groups is 1. The van der Waals surface area contributed by atoms with Crippen molar-refractivity contribution < 1.29 is 13.7 Å². The Kier molecular flexibility index (Phi) is 3.93. The second-order valence-corrected chi connectivity index (χ2v) is 4.35. The summed E-state index contributed by atoms with van der Waals surface area (Å²) in [7, 11) is 0. The van der Waals surface area contributed by atoms with Crippen molar-refractivity contribution in [3.05, 3.63) is 69.3 Å². The van der Waals surface area contributed by atoms with E-state index < -0.39 is 16.4 Å². The molecule has 0 unspecified atom stereocenters. The number of nitro benzene ring substituents is 1. The van der Waals surface area contributed by atoms with Crippen LogP contribution in [0.3, 0.4) is 0 Å². The smallest absolute Gasteiger partial charge is 0.304 e. The number of hydrogen-bond donors (Lipinski definition) is 1. The first-order valence-corrected chi connectivity index (χ1v) is 5.90. The summed E-state index contributed by atoms with van der Waals surface area (Å²) in [4.78, 5) is 9.72. The van der Waals surface area contributed by atoms with Crippen molar-refractivity contribution in [2.45, 2.75) is 13.5 Å². The molecule has 2 aromatic rings. The highest BCUT2D eigenvalue weighted by atomic mass is 19.1. The molecule has 0 atom stereocenters. The van der Waals surface area contributed by atoms with E-state index in [-0.39, 0.29) is 5.82 Å². The zero-order chi connectivity index (χ0) is 14.7. The Hall–Kier alpha value is -2.50. The molecular weight excluding hydrogens is 266 g/mol. The monoisotopic (exact) mass is 278 g/mol. The summed E-state index contributed by atoms with van der Waals surface area (Å²) in [6.45, 7) is 2.15. The standard InChI is InChI=1S/C14H12F2N2O2/c1-9-6-11(15)3-2-10(9)8-17-12-4-5-14(18(19)20)13(16)7-12/h2-7,17H,8H2,1H3. The fourth-order valence-electron chi connectivity index (χ4n) is 1.82. The van der Waals surface area contributed by atoms with Gasteiger partial charge in [0.15, 0.2) is 0 Å². The highest BCUT2D eigenvalue weighted by Gasteiger charge is 2.13. The van der Waals surface area contributed by atoms with E-state index >= 15 is 0 Å². The van der Waals surface area contributed by atoms with Gasteiger partial charge in [0, 0.05) is 24.4 Å². The molecule has 20 heavy (non-hydrogen) atoms. The number of nitrogens with zero attached hydrogens (tertiary/aromatic N) is 1. The average Bonchev–Trinajstić information content (AvgIpc) is 2.37. The molecule has 0 aliphatic carbocycles. The van der Waals surface area contributed by atoms with Gasteiger partial charge in [0.2, 0.25) is 5.82 Å². The van der Waals surface area contributed by atoms with E-state index in [2.05, 4.69) is 5.32 Å². The van der Waals surface area contributed by atoms with Gasteiger partial charge in [-0.1, -0.05) is 6.07 Å². The minimum Gasteiger partial charge on any atom is -0.381 e. The highest BCUT2D eigenvalue weighted by Crippen LogP contribution is 2.21. The van der Waals surface area contributed by atoms with E-state index in [4.69, 9.17) is 0 Å². The molecule has 0 radical (unpaired) electrons. The molecule has 6 heteroatoms. The third kappa shape index (κ3) is 3.09. The van der Waals surface area contributed by atoms with Gasteiger partial charge in [0.1, 0.15) is 5.82 Å². The van der Waals surface area contributed by atoms with Crippen molar-refractivity contribution >= 4 is 11.4 Å². The molecule has 0 fully saturated rings.